The van der Waals surface area contributed by atoms with Gasteiger partial charge in [-0.15, -0.1) is 12.4 Å². The number of aromatic nitrogens is 1. The predicted octanol–water partition coefficient (Wildman–Crippen LogP) is 2.31. The number of nitrogens with zero attached hydrogens (tertiary/aromatic N) is 2. The van der Waals surface area contributed by atoms with Crippen LogP contribution in [0.5, 0.6) is 0 Å². The van der Waals surface area contributed by atoms with Gasteiger partial charge in [-0.1, -0.05) is 11.6 Å². The van der Waals surface area contributed by atoms with Gasteiger partial charge in [-0.3, -0.25) is 4.98 Å². The average molecular weight is 366 g/mol. The lowest BCUT2D eigenvalue weighted by molar-refractivity contribution is 0.288. The minimum atomic E-state index is -3.47. The van der Waals surface area contributed by atoms with Crippen molar-refractivity contribution >= 4 is 34.0 Å². The topological polar surface area (TPSA) is 62.3 Å². The quantitative estimate of drug-likeness (QED) is 0.869. The number of piperidine rings is 1. The van der Waals surface area contributed by atoms with Crippen molar-refractivity contribution in [3.8, 4) is 0 Å². The molecule has 0 amide bonds. The first kappa shape index (κ1) is 17.9. The summed E-state index contributed by atoms with van der Waals surface area (Å²) in [5, 5.41) is 3.89. The van der Waals surface area contributed by atoms with Gasteiger partial charge in [0.1, 0.15) is 4.90 Å². The molecule has 0 bridgehead atoms. The number of sulfonamides is 1. The van der Waals surface area contributed by atoms with E-state index in [-0.39, 0.29) is 17.3 Å². The van der Waals surface area contributed by atoms with Gasteiger partial charge in [0.15, 0.2) is 0 Å². The Bertz CT molecular complexity index is 600. The molecule has 0 unspecified atom stereocenters. The van der Waals surface area contributed by atoms with Crippen LogP contribution >= 0.6 is 24.0 Å². The van der Waals surface area contributed by atoms with Gasteiger partial charge in [0.2, 0.25) is 10.0 Å². The first-order chi connectivity index (χ1) is 10.1. The molecule has 0 atom stereocenters. The molecule has 1 aromatic heterocycles. The summed E-state index contributed by atoms with van der Waals surface area (Å²) < 4.78 is 26.6. The van der Waals surface area contributed by atoms with Gasteiger partial charge in [-0.2, -0.15) is 4.31 Å². The van der Waals surface area contributed by atoms with Crippen molar-refractivity contribution in [2.24, 2.45) is 5.92 Å². The molecule has 2 fully saturated rings. The number of pyridine rings is 1. The van der Waals surface area contributed by atoms with E-state index in [1.54, 1.807) is 0 Å². The Balaban J connectivity index is 0.00000176. The van der Waals surface area contributed by atoms with E-state index in [1.807, 2.05) is 0 Å². The number of hydrogen-bond donors (Lipinski definition) is 1. The Morgan fingerprint density at radius 3 is 2.50 bits per heavy atom. The monoisotopic (exact) mass is 365 g/mol. The van der Waals surface area contributed by atoms with E-state index in [2.05, 4.69) is 10.3 Å². The van der Waals surface area contributed by atoms with Crippen LogP contribution in [-0.2, 0) is 10.0 Å². The summed E-state index contributed by atoms with van der Waals surface area (Å²) in [5.41, 5.74) is 0. The van der Waals surface area contributed by atoms with Gasteiger partial charge in [0.05, 0.1) is 5.02 Å². The van der Waals surface area contributed by atoms with Crippen molar-refractivity contribution in [3.63, 3.8) is 0 Å². The fraction of sp³-hybridized carbons (Fsp3) is 0.643. The van der Waals surface area contributed by atoms with Crippen LogP contribution < -0.4 is 5.32 Å². The maximum atomic E-state index is 12.5. The van der Waals surface area contributed by atoms with Crippen molar-refractivity contribution < 1.29 is 8.42 Å². The zero-order chi connectivity index (χ0) is 14.9. The molecule has 1 aromatic rings. The third-order valence-corrected chi connectivity index (χ3v) is 6.23. The van der Waals surface area contributed by atoms with Gasteiger partial charge in [-0.05, 0) is 44.2 Å². The lowest BCUT2D eigenvalue weighted by atomic mass is 10.1. The Kier molecular flexibility index (Phi) is 6.07. The van der Waals surface area contributed by atoms with Crippen LogP contribution in [-0.4, -0.2) is 43.4 Å². The second kappa shape index (κ2) is 7.45. The molecule has 2 heterocycles. The Morgan fingerprint density at radius 1 is 1.23 bits per heavy atom. The summed E-state index contributed by atoms with van der Waals surface area (Å²) in [6, 6.07) is 1.90. The molecule has 5 nitrogen and oxygen atoms in total. The van der Waals surface area contributed by atoms with Gasteiger partial charge in [0, 0.05) is 31.5 Å². The van der Waals surface area contributed by atoms with Gasteiger partial charge in [-0.25, -0.2) is 8.42 Å². The van der Waals surface area contributed by atoms with Crippen LogP contribution in [0.1, 0.15) is 25.7 Å². The van der Waals surface area contributed by atoms with E-state index in [0.29, 0.717) is 24.2 Å². The van der Waals surface area contributed by atoms with E-state index in [9.17, 15) is 8.42 Å². The Labute approximate surface area is 142 Å². The molecule has 0 aromatic carbocycles. The smallest absolute Gasteiger partial charge is 0.244 e. The van der Waals surface area contributed by atoms with Crippen LogP contribution in [0.25, 0.3) is 0 Å². The van der Waals surface area contributed by atoms with Crippen LogP contribution in [0.15, 0.2) is 23.4 Å². The second-order valence-corrected chi connectivity index (χ2v) is 8.24. The SMILES string of the molecule is Cl.O=S(=O)(c1cncc(Cl)c1)N1CCC(NCC2CC2)CC1. The van der Waals surface area contributed by atoms with E-state index >= 15 is 0 Å². The van der Waals surface area contributed by atoms with Crippen molar-refractivity contribution in [1.29, 1.82) is 0 Å². The number of rotatable bonds is 5. The minimum Gasteiger partial charge on any atom is -0.314 e. The highest BCUT2D eigenvalue weighted by atomic mass is 35.5. The average Bonchev–Trinajstić information content (AvgIpc) is 3.30. The molecule has 1 aliphatic carbocycles. The molecule has 3 rings (SSSR count). The van der Waals surface area contributed by atoms with E-state index in [0.717, 1.165) is 25.3 Å². The molecule has 8 heteroatoms. The molecule has 22 heavy (non-hydrogen) atoms. The Morgan fingerprint density at radius 2 is 1.91 bits per heavy atom. The second-order valence-electron chi connectivity index (χ2n) is 5.87. The van der Waals surface area contributed by atoms with Crippen LogP contribution in [0.4, 0.5) is 0 Å². The van der Waals surface area contributed by atoms with E-state index in [1.165, 1.54) is 35.6 Å². The van der Waals surface area contributed by atoms with Gasteiger partial charge >= 0.3 is 0 Å². The molecule has 1 N–H and O–H groups in total. The standard InChI is InChI=1S/C14H20ClN3O2S.ClH/c15-12-7-14(10-16-9-12)21(19,20)18-5-3-13(4-6-18)17-8-11-1-2-11;/h7,9-11,13,17H,1-6,8H2;1H. The molecule has 124 valence electrons. The predicted molar refractivity (Wildman–Crippen MR) is 89.0 cm³/mol. The molecule has 1 saturated heterocycles. The minimum absolute atomic E-state index is 0. The van der Waals surface area contributed by atoms with Crippen molar-refractivity contribution in [2.75, 3.05) is 19.6 Å². The summed E-state index contributed by atoms with van der Waals surface area (Å²) in [5.74, 6) is 0.851. The van der Waals surface area contributed by atoms with Gasteiger partial charge in [0.25, 0.3) is 0 Å². The molecule has 2 aliphatic rings. The summed E-state index contributed by atoms with van der Waals surface area (Å²) in [6.07, 6.45) is 7.19. The maximum absolute atomic E-state index is 12.5. The zero-order valence-electron chi connectivity index (χ0n) is 12.2. The Hall–Kier alpha value is -0.400. The number of nitrogens with one attached hydrogen (secondary N) is 1. The molecule has 0 spiro atoms. The first-order valence-corrected chi connectivity index (χ1v) is 9.21. The molecule has 0 radical (unpaired) electrons. The highest BCUT2D eigenvalue weighted by Gasteiger charge is 2.30. The highest BCUT2D eigenvalue weighted by Crippen LogP contribution is 2.28. The third-order valence-electron chi connectivity index (χ3n) is 4.16. The molecular weight excluding hydrogens is 345 g/mol. The van der Waals surface area contributed by atoms with Gasteiger partial charge < -0.3 is 5.32 Å². The largest absolute Gasteiger partial charge is 0.314 e. The van der Waals surface area contributed by atoms with Crippen LogP contribution in [0.2, 0.25) is 5.02 Å². The third kappa shape index (κ3) is 4.32. The van der Waals surface area contributed by atoms with E-state index < -0.39 is 10.0 Å². The molecule has 1 saturated carbocycles. The lowest BCUT2D eigenvalue weighted by Gasteiger charge is -2.31. The summed E-state index contributed by atoms with van der Waals surface area (Å²) >= 11 is 5.83. The summed E-state index contributed by atoms with van der Waals surface area (Å²) in [6.45, 7) is 2.18. The van der Waals surface area contributed by atoms with Crippen molar-refractivity contribution in [2.45, 2.75) is 36.6 Å². The van der Waals surface area contributed by atoms with Crippen molar-refractivity contribution in [3.05, 3.63) is 23.5 Å². The maximum Gasteiger partial charge on any atom is 0.244 e. The summed E-state index contributed by atoms with van der Waals surface area (Å²) in [7, 11) is -3.47. The number of halogens is 2. The number of hydrogen-bond acceptors (Lipinski definition) is 4. The summed E-state index contributed by atoms with van der Waals surface area (Å²) in [4.78, 5) is 4.05. The normalized spacial score (nSPS) is 20.6. The van der Waals surface area contributed by atoms with Crippen LogP contribution in [0.3, 0.4) is 0 Å². The fourth-order valence-electron chi connectivity index (χ4n) is 2.64. The lowest BCUT2D eigenvalue weighted by Crippen LogP contribution is -2.45. The fourth-order valence-corrected chi connectivity index (χ4v) is 4.34. The molecule has 1 aliphatic heterocycles. The van der Waals surface area contributed by atoms with E-state index in [4.69, 9.17) is 11.6 Å². The zero-order valence-corrected chi connectivity index (χ0v) is 14.6. The molecular formula is C14H21Cl2N3O2S. The highest BCUT2D eigenvalue weighted by molar-refractivity contribution is 7.89. The van der Waals surface area contributed by atoms with Crippen LogP contribution in [0, 0.1) is 5.92 Å². The first-order valence-electron chi connectivity index (χ1n) is 7.40. The van der Waals surface area contributed by atoms with Crippen molar-refractivity contribution in [1.82, 2.24) is 14.6 Å².